The van der Waals surface area contributed by atoms with E-state index in [4.69, 9.17) is 21.9 Å². The molecule has 120 valence electrons. The van der Waals surface area contributed by atoms with Crippen LogP contribution in [0.2, 0.25) is 5.02 Å². The summed E-state index contributed by atoms with van der Waals surface area (Å²) in [6.07, 6.45) is 4.19. The molecule has 7 heteroatoms. The van der Waals surface area contributed by atoms with Crippen molar-refractivity contribution in [2.75, 3.05) is 0 Å². The Labute approximate surface area is 145 Å². The van der Waals surface area contributed by atoms with Gasteiger partial charge in [-0.1, -0.05) is 41.7 Å². The number of hydrogen-bond acceptors (Lipinski definition) is 5. The molecular weight excluding hydrogens is 341 g/mol. The first-order chi connectivity index (χ1) is 10.2. The Morgan fingerprint density at radius 2 is 1.86 bits per heavy atom. The molecule has 1 aromatic heterocycles. The maximum absolute atomic E-state index is 6.32. The Balaban J connectivity index is 0.00000176. The van der Waals surface area contributed by atoms with E-state index in [1.54, 1.807) is 11.8 Å². The number of aromatic nitrogens is 2. The third-order valence-corrected chi connectivity index (χ3v) is 5.06. The van der Waals surface area contributed by atoms with Gasteiger partial charge in [-0.05, 0) is 30.5 Å². The molecule has 3 rings (SSSR count). The summed E-state index contributed by atoms with van der Waals surface area (Å²) in [5.74, 6) is 2.91. The maximum atomic E-state index is 6.32. The summed E-state index contributed by atoms with van der Waals surface area (Å²) in [5.41, 5.74) is 7.18. The highest BCUT2D eigenvalue weighted by Crippen LogP contribution is 2.34. The van der Waals surface area contributed by atoms with Gasteiger partial charge in [0, 0.05) is 10.8 Å². The highest BCUT2D eigenvalue weighted by Gasteiger charge is 2.35. The molecule has 1 aliphatic carbocycles. The van der Waals surface area contributed by atoms with Gasteiger partial charge >= 0.3 is 0 Å². The quantitative estimate of drug-likeness (QED) is 0.861. The predicted molar refractivity (Wildman–Crippen MR) is 92.3 cm³/mol. The second-order valence-corrected chi connectivity index (χ2v) is 6.92. The molecule has 1 aliphatic rings. The Morgan fingerprint density at radius 3 is 2.55 bits per heavy atom. The fourth-order valence-corrected chi connectivity index (χ4v) is 3.53. The Hall–Kier alpha value is -0.750. The molecule has 0 radical (unpaired) electrons. The lowest BCUT2D eigenvalue weighted by atomic mass is 9.99. The summed E-state index contributed by atoms with van der Waals surface area (Å²) < 4.78 is 5.32. The van der Waals surface area contributed by atoms with Gasteiger partial charge in [-0.25, -0.2) is 0 Å². The van der Waals surface area contributed by atoms with Crippen LogP contribution in [0.4, 0.5) is 0 Å². The average Bonchev–Trinajstić information content (AvgIpc) is 3.11. The molecule has 2 N–H and O–H groups in total. The standard InChI is InChI=1S/C15H18ClN3OS.ClH/c16-12-5-3-11(4-6-12)9-21-10-13-18-14(19-20-13)15(17)7-1-2-8-15;/h3-6H,1-2,7-10,17H2;1H. The van der Waals surface area contributed by atoms with Crippen molar-refractivity contribution in [1.29, 1.82) is 0 Å². The third-order valence-electron chi connectivity index (χ3n) is 3.82. The van der Waals surface area contributed by atoms with E-state index in [-0.39, 0.29) is 17.9 Å². The largest absolute Gasteiger partial charge is 0.338 e. The van der Waals surface area contributed by atoms with Crippen LogP contribution in [0, 0.1) is 0 Å². The van der Waals surface area contributed by atoms with Crippen molar-refractivity contribution < 1.29 is 4.52 Å². The van der Waals surface area contributed by atoms with Crippen molar-refractivity contribution in [1.82, 2.24) is 10.1 Å². The van der Waals surface area contributed by atoms with Gasteiger partial charge in [0.05, 0.1) is 11.3 Å². The van der Waals surface area contributed by atoms with Gasteiger partial charge in [0.2, 0.25) is 5.89 Å². The highest BCUT2D eigenvalue weighted by molar-refractivity contribution is 7.97. The molecular formula is C15H19Cl2N3OS. The van der Waals surface area contributed by atoms with Crippen molar-refractivity contribution in [2.24, 2.45) is 5.73 Å². The molecule has 0 atom stereocenters. The first-order valence-electron chi connectivity index (χ1n) is 7.10. The van der Waals surface area contributed by atoms with E-state index in [1.165, 1.54) is 5.56 Å². The minimum Gasteiger partial charge on any atom is -0.338 e. The molecule has 0 unspecified atom stereocenters. The summed E-state index contributed by atoms with van der Waals surface area (Å²) in [5, 5.41) is 4.82. The zero-order chi connectivity index (χ0) is 14.7. The van der Waals surface area contributed by atoms with E-state index in [9.17, 15) is 0 Å². The molecule has 4 nitrogen and oxygen atoms in total. The van der Waals surface area contributed by atoms with E-state index in [0.29, 0.717) is 17.5 Å². The van der Waals surface area contributed by atoms with Gasteiger partial charge in [0.25, 0.3) is 0 Å². The molecule has 1 aromatic carbocycles. The molecule has 0 bridgehead atoms. The van der Waals surface area contributed by atoms with Crippen LogP contribution in [0.1, 0.15) is 43.0 Å². The van der Waals surface area contributed by atoms with E-state index < -0.39 is 0 Å². The molecule has 22 heavy (non-hydrogen) atoms. The van der Waals surface area contributed by atoms with Gasteiger partial charge in [-0.3, -0.25) is 0 Å². The van der Waals surface area contributed by atoms with Gasteiger partial charge in [0.1, 0.15) is 0 Å². The molecule has 0 spiro atoms. The van der Waals surface area contributed by atoms with Crippen LogP contribution in [0.5, 0.6) is 0 Å². The minimum atomic E-state index is -0.372. The van der Waals surface area contributed by atoms with Gasteiger partial charge in [-0.2, -0.15) is 4.98 Å². The molecule has 0 aliphatic heterocycles. The third kappa shape index (κ3) is 4.16. The summed E-state index contributed by atoms with van der Waals surface area (Å²) in [6.45, 7) is 0. The van der Waals surface area contributed by atoms with E-state index in [1.807, 2.05) is 24.3 Å². The number of nitrogens with two attached hydrogens (primary N) is 1. The lowest BCUT2D eigenvalue weighted by molar-refractivity contribution is 0.355. The first kappa shape index (κ1) is 17.6. The fraction of sp³-hybridized carbons (Fsp3) is 0.467. The van der Waals surface area contributed by atoms with E-state index in [2.05, 4.69) is 10.1 Å². The summed E-state index contributed by atoms with van der Waals surface area (Å²) >= 11 is 7.61. The van der Waals surface area contributed by atoms with Crippen LogP contribution < -0.4 is 5.73 Å². The van der Waals surface area contributed by atoms with Crippen LogP contribution >= 0.6 is 35.8 Å². The molecule has 0 saturated heterocycles. The molecule has 0 amide bonds. The number of halogens is 2. The molecule has 2 aromatic rings. The van der Waals surface area contributed by atoms with Crippen LogP contribution in [-0.4, -0.2) is 10.1 Å². The smallest absolute Gasteiger partial charge is 0.236 e. The minimum absolute atomic E-state index is 0. The van der Waals surface area contributed by atoms with E-state index in [0.717, 1.165) is 36.5 Å². The zero-order valence-corrected chi connectivity index (χ0v) is 14.5. The number of rotatable bonds is 5. The van der Waals surface area contributed by atoms with Crippen molar-refractivity contribution in [3.05, 3.63) is 46.6 Å². The number of hydrogen-bond donors (Lipinski definition) is 1. The fourth-order valence-electron chi connectivity index (χ4n) is 2.58. The summed E-state index contributed by atoms with van der Waals surface area (Å²) in [7, 11) is 0. The Bertz CT molecular complexity index is 597. The van der Waals surface area contributed by atoms with Crippen LogP contribution in [-0.2, 0) is 17.0 Å². The maximum Gasteiger partial charge on any atom is 0.236 e. The van der Waals surface area contributed by atoms with Crippen molar-refractivity contribution in [3.8, 4) is 0 Å². The van der Waals surface area contributed by atoms with Crippen molar-refractivity contribution in [2.45, 2.75) is 42.7 Å². The molecule has 1 saturated carbocycles. The SMILES string of the molecule is Cl.NC1(c2noc(CSCc3ccc(Cl)cc3)n2)CCCC1. The summed E-state index contributed by atoms with van der Waals surface area (Å²) in [6, 6.07) is 7.87. The average molecular weight is 360 g/mol. The van der Waals surface area contributed by atoms with Gasteiger partial charge in [-0.15, -0.1) is 24.2 Å². The second-order valence-electron chi connectivity index (χ2n) is 5.49. The summed E-state index contributed by atoms with van der Waals surface area (Å²) in [4.78, 5) is 4.46. The monoisotopic (exact) mass is 359 g/mol. The molecule has 1 heterocycles. The zero-order valence-electron chi connectivity index (χ0n) is 12.1. The topological polar surface area (TPSA) is 64.9 Å². The number of thioether (sulfide) groups is 1. The second kappa shape index (κ2) is 7.68. The van der Waals surface area contributed by atoms with Crippen molar-refractivity contribution >= 4 is 35.8 Å². The van der Waals surface area contributed by atoms with Crippen LogP contribution in [0.3, 0.4) is 0 Å². The number of benzene rings is 1. The van der Waals surface area contributed by atoms with Gasteiger partial charge < -0.3 is 10.3 Å². The van der Waals surface area contributed by atoms with E-state index >= 15 is 0 Å². The first-order valence-corrected chi connectivity index (χ1v) is 8.63. The Kier molecular flexibility index (Phi) is 6.15. The highest BCUT2D eigenvalue weighted by atomic mass is 35.5. The predicted octanol–water partition coefficient (Wildman–Crippen LogP) is 4.31. The lowest BCUT2D eigenvalue weighted by Crippen LogP contribution is -2.34. The van der Waals surface area contributed by atoms with Crippen molar-refractivity contribution in [3.63, 3.8) is 0 Å². The molecule has 1 fully saturated rings. The Morgan fingerprint density at radius 1 is 1.18 bits per heavy atom. The van der Waals surface area contributed by atoms with Gasteiger partial charge in [0.15, 0.2) is 5.82 Å². The van der Waals surface area contributed by atoms with Crippen LogP contribution in [0.15, 0.2) is 28.8 Å². The number of nitrogens with zero attached hydrogens (tertiary/aromatic N) is 2. The van der Waals surface area contributed by atoms with Crippen LogP contribution in [0.25, 0.3) is 0 Å². The lowest BCUT2D eigenvalue weighted by Gasteiger charge is -2.17. The normalized spacial score (nSPS) is 16.5.